The molecular weight excluding hydrogens is 186 g/mol. The van der Waals surface area contributed by atoms with Gasteiger partial charge in [-0.25, -0.2) is 0 Å². The molecule has 1 aromatic rings. The van der Waals surface area contributed by atoms with Crippen LogP contribution in [0.3, 0.4) is 0 Å². The van der Waals surface area contributed by atoms with Crippen LogP contribution < -0.4 is 10.5 Å². The topological polar surface area (TPSA) is 35.2 Å². The standard InChI is InChI=1S/C13H17NO/c14-8-11-1-3-12(11)9-2-4-13-10(7-9)5-6-15-13/h2,4,7,11-12H,1,3,5-6,8,14H2. The summed E-state index contributed by atoms with van der Waals surface area (Å²) in [5.74, 6) is 2.51. The first kappa shape index (κ1) is 9.22. The molecule has 1 aromatic carbocycles. The molecule has 2 unspecified atom stereocenters. The first-order chi connectivity index (χ1) is 7.38. The summed E-state index contributed by atoms with van der Waals surface area (Å²) in [6.45, 7) is 1.68. The third kappa shape index (κ3) is 1.44. The maximum absolute atomic E-state index is 5.75. The monoisotopic (exact) mass is 203 g/mol. The molecule has 80 valence electrons. The first-order valence-electron chi connectivity index (χ1n) is 5.84. The van der Waals surface area contributed by atoms with Crippen molar-refractivity contribution in [2.45, 2.75) is 25.2 Å². The zero-order valence-electron chi connectivity index (χ0n) is 8.91. The highest BCUT2D eigenvalue weighted by Crippen LogP contribution is 2.43. The number of benzene rings is 1. The van der Waals surface area contributed by atoms with Gasteiger partial charge in [-0.1, -0.05) is 12.1 Å². The lowest BCUT2D eigenvalue weighted by molar-refractivity contribution is 0.263. The molecule has 2 atom stereocenters. The maximum Gasteiger partial charge on any atom is 0.122 e. The Morgan fingerprint density at radius 1 is 1.33 bits per heavy atom. The Bertz CT molecular complexity index is 373. The molecule has 3 rings (SSSR count). The predicted molar refractivity (Wildman–Crippen MR) is 60.2 cm³/mol. The van der Waals surface area contributed by atoms with Gasteiger partial charge in [-0.2, -0.15) is 0 Å². The lowest BCUT2D eigenvalue weighted by Crippen LogP contribution is -2.30. The average Bonchev–Trinajstić information content (AvgIpc) is 2.64. The van der Waals surface area contributed by atoms with Gasteiger partial charge < -0.3 is 10.5 Å². The minimum atomic E-state index is 0.709. The van der Waals surface area contributed by atoms with Crippen molar-refractivity contribution < 1.29 is 4.74 Å². The molecule has 0 amide bonds. The van der Waals surface area contributed by atoms with Gasteiger partial charge in [0.15, 0.2) is 0 Å². The van der Waals surface area contributed by atoms with Gasteiger partial charge in [0.1, 0.15) is 5.75 Å². The average molecular weight is 203 g/mol. The molecule has 15 heavy (non-hydrogen) atoms. The van der Waals surface area contributed by atoms with Gasteiger partial charge in [0.2, 0.25) is 0 Å². The van der Waals surface area contributed by atoms with E-state index in [-0.39, 0.29) is 0 Å². The van der Waals surface area contributed by atoms with E-state index in [1.807, 2.05) is 0 Å². The summed E-state index contributed by atoms with van der Waals surface area (Å²) in [4.78, 5) is 0. The van der Waals surface area contributed by atoms with Crippen LogP contribution in [-0.2, 0) is 6.42 Å². The fourth-order valence-electron chi connectivity index (χ4n) is 2.73. The van der Waals surface area contributed by atoms with Crippen LogP contribution in [0.4, 0.5) is 0 Å². The Hall–Kier alpha value is -1.02. The molecule has 2 heteroatoms. The van der Waals surface area contributed by atoms with Crippen molar-refractivity contribution in [1.82, 2.24) is 0 Å². The summed E-state index contributed by atoms with van der Waals surface area (Å²) >= 11 is 0. The normalized spacial score (nSPS) is 28.1. The van der Waals surface area contributed by atoms with Crippen molar-refractivity contribution in [2.24, 2.45) is 11.7 Å². The SMILES string of the molecule is NCC1CCC1c1ccc2c(c1)CCO2. The largest absolute Gasteiger partial charge is 0.493 e. The smallest absolute Gasteiger partial charge is 0.122 e. The van der Waals surface area contributed by atoms with Gasteiger partial charge in [-0.15, -0.1) is 0 Å². The van der Waals surface area contributed by atoms with E-state index in [0.29, 0.717) is 11.8 Å². The van der Waals surface area contributed by atoms with Crippen molar-refractivity contribution in [3.05, 3.63) is 29.3 Å². The van der Waals surface area contributed by atoms with Crippen molar-refractivity contribution in [1.29, 1.82) is 0 Å². The molecule has 1 saturated carbocycles. The molecule has 0 aromatic heterocycles. The highest BCUT2D eigenvalue weighted by Gasteiger charge is 2.31. The molecule has 1 aliphatic carbocycles. The molecule has 0 saturated heterocycles. The third-order valence-electron chi connectivity index (χ3n) is 3.86. The predicted octanol–water partition coefficient (Wildman–Crippen LogP) is 2.07. The second-order valence-corrected chi connectivity index (χ2v) is 4.65. The summed E-state index contributed by atoms with van der Waals surface area (Å²) in [6.07, 6.45) is 3.68. The minimum absolute atomic E-state index is 0.709. The van der Waals surface area contributed by atoms with E-state index in [0.717, 1.165) is 25.3 Å². The molecule has 2 N–H and O–H groups in total. The number of rotatable bonds is 2. The van der Waals surface area contributed by atoms with Crippen LogP contribution in [0.25, 0.3) is 0 Å². The van der Waals surface area contributed by atoms with Crippen molar-refractivity contribution in [3.8, 4) is 5.75 Å². The molecular formula is C13H17NO. The molecule has 2 nitrogen and oxygen atoms in total. The zero-order chi connectivity index (χ0) is 10.3. The van der Waals surface area contributed by atoms with E-state index in [4.69, 9.17) is 10.5 Å². The number of hydrogen-bond acceptors (Lipinski definition) is 2. The second kappa shape index (κ2) is 3.53. The maximum atomic E-state index is 5.75. The van der Waals surface area contributed by atoms with E-state index in [9.17, 15) is 0 Å². The lowest BCUT2D eigenvalue weighted by atomic mass is 9.70. The van der Waals surface area contributed by atoms with Gasteiger partial charge in [-0.3, -0.25) is 0 Å². The zero-order valence-corrected chi connectivity index (χ0v) is 8.91. The molecule has 0 spiro atoms. The molecule has 1 heterocycles. The number of ether oxygens (including phenoxy) is 1. The van der Waals surface area contributed by atoms with Crippen LogP contribution in [-0.4, -0.2) is 13.2 Å². The van der Waals surface area contributed by atoms with Crippen LogP contribution in [0.5, 0.6) is 5.75 Å². The first-order valence-corrected chi connectivity index (χ1v) is 5.84. The molecule has 0 radical (unpaired) electrons. The van der Waals surface area contributed by atoms with Gasteiger partial charge in [0.05, 0.1) is 6.61 Å². The van der Waals surface area contributed by atoms with Crippen LogP contribution in [0.1, 0.15) is 29.9 Å². The fraction of sp³-hybridized carbons (Fsp3) is 0.538. The number of fused-ring (bicyclic) bond motifs is 1. The van der Waals surface area contributed by atoms with Crippen LogP contribution in [0, 0.1) is 5.92 Å². The van der Waals surface area contributed by atoms with Gasteiger partial charge >= 0.3 is 0 Å². The van der Waals surface area contributed by atoms with E-state index >= 15 is 0 Å². The van der Waals surface area contributed by atoms with Crippen molar-refractivity contribution in [3.63, 3.8) is 0 Å². The third-order valence-corrected chi connectivity index (χ3v) is 3.86. The minimum Gasteiger partial charge on any atom is -0.493 e. The summed E-state index contributed by atoms with van der Waals surface area (Å²) < 4.78 is 5.51. The van der Waals surface area contributed by atoms with Crippen molar-refractivity contribution >= 4 is 0 Å². The number of nitrogens with two attached hydrogens (primary N) is 1. The van der Waals surface area contributed by atoms with E-state index in [1.54, 1.807) is 0 Å². The van der Waals surface area contributed by atoms with E-state index in [1.165, 1.54) is 24.0 Å². The van der Waals surface area contributed by atoms with Gasteiger partial charge in [0, 0.05) is 6.42 Å². The summed E-state index contributed by atoms with van der Waals surface area (Å²) in [7, 11) is 0. The molecule has 1 aliphatic heterocycles. The highest BCUT2D eigenvalue weighted by molar-refractivity contribution is 5.41. The summed E-state index contributed by atoms with van der Waals surface area (Å²) in [5, 5.41) is 0. The second-order valence-electron chi connectivity index (χ2n) is 4.65. The van der Waals surface area contributed by atoms with Crippen LogP contribution in [0.2, 0.25) is 0 Å². The lowest BCUT2D eigenvalue weighted by Gasteiger charge is -2.36. The van der Waals surface area contributed by atoms with Crippen LogP contribution >= 0.6 is 0 Å². The van der Waals surface area contributed by atoms with E-state index in [2.05, 4.69) is 18.2 Å². The Kier molecular flexibility index (Phi) is 2.17. The Morgan fingerprint density at radius 2 is 2.27 bits per heavy atom. The fourth-order valence-corrected chi connectivity index (χ4v) is 2.73. The molecule has 1 fully saturated rings. The van der Waals surface area contributed by atoms with Gasteiger partial charge in [0.25, 0.3) is 0 Å². The van der Waals surface area contributed by atoms with Crippen molar-refractivity contribution in [2.75, 3.05) is 13.2 Å². The Labute approximate surface area is 90.4 Å². The Balaban J connectivity index is 1.87. The summed E-state index contributed by atoms with van der Waals surface area (Å²) in [5.41, 5.74) is 8.61. The van der Waals surface area contributed by atoms with E-state index < -0.39 is 0 Å². The van der Waals surface area contributed by atoms with Crippen LogP contribution in [0.15, 0.2) is 18.2 Å². The van der Waals surface area contributed by atoms with Gasteiger partial charge in [-0.05, 0) is 48.4 Å². The quantitative estimate of drug-likeness (QED) is 0.798. The summed E-state index contributed by atoms with van der Waals surface area (Å²) in [6, 6.07) is 6.68. The molecule has 0 bridgehead atoms. The number of hydrogen-bond donors (Lipinski definition) is 1. The molecule has 2 aliphatic rings. The Morgan fingerprint density at radius 3 is 3.00 bits per heavy atom. The highest BCUT2D eigenvalue weighted by atomic mass is 16.5.